The van der Waals surface area contributed by atoms with Gasteiger partial charge in [-0.25, -0.2) is 4.98 Å². The Morgan fingerprint density at radius 2 is 2.05 bits per heavy atom. The highest BCUT2D eigenvalue weighted by atomic mass is 35.5. The zero-order valence-electron chi connectivity index (χ0n) is 22.6. The highest BCUT2D eigenvalue weighted by molar-refractivity contribution is 7.15. The molecule has 2 N–H and O–H groups in total. The number of hydrogen-bond donors (Lipinski definition) is 2. The molecule has 0 saturated carbocycles. The number of carboxylic acids is 1. The van der Waals surface area contributed by atoms with Gasteiger partial charge < -0.3 is 19.7 Å². The number of para-hydroxylation sites is 1. The number of anilines is 2. The third-order valence-electron chi connectivity index (χ3n) is 6.99. The van der Waals surface area contributed by atoms with E-state index in [1.54, 1.807) is 29.5 Å². The van der Waals surface area contributed by atoms with Crippen LogP contribution in [0.3, 0.4) is 0 Å². The number of benzene rings is 2. The molecule has 3 heterocycles. The summed E-state index contributed by atoms with van der Waals surface area (Å²) in [5.41, 5.74) is 1.81. The molecule has 0 radical (unpaired) electrons. The van der Waals surface area contributed by atoms with Gasteiger partial charge in [-0.05, 0) is 43.0 Å². The minimum atomic E-state index is -0.850. The maximum absolute atomic E-state index is 13.2. The van der Waals surface area contributed by atoms with Crippen molar-refractivity contribution in [1.29, 1.82) is 0 Å². The highest BCUT2D eigenvalue weighted by Crippen LogP contribution is 2.33. The molecular weight excluding hydrogens is 603 g/mol. The number of carboxylic acid groups (broad SMARTS) is 1. The zero-order valence-corrected chi connectivity index (χ0v) is 25.0. The summed E-state index contributed by atoms with van der Waals surface area (Å²) in [5, 5.41) is 15.4. The van der Waals surface area contributed by atoms with Gasteiger partial charge >= 0.3 is 5.97 Å². The maximum Gasteiger partial charge on any atom is 0.303 e. The summed E-state index contributed by atoms with van der Waals surface area (Å²) in [6, 6.07) is 10.3. The first-order valence-electron chi connectivity index (χ1n) is 13.2. The highest BCUT2D eigenvalue weighted by Gasteiger charge is 2.33. The summed E-state index contributed by atoms with van der Waals surface area (Å²) in [7, 11) is 1.52. The van der Waals surface area contributed by atoms with Gasteiger partial charge in [-0.1, -0.05) is 41.4 Å². The largest absolute Gasteiger partial charge is 0.481 e. The summed E-state index contributed by atoms with van der Waals surface area (Å²) in [4.78, 5) is 50.1. The minimum absolute atomic E-state index is 0.00884. The number of rotatable bonds is 12. The van der Waals surface area contributed by atoms with Crippen LogP contribution in [0, 0.1) is 0 Å². The van der Waals surface area contributed by atoms with Crippen LogP contribution in [-0.2, 0) is 27.3 Å². The number of furan rings is 1. The average Bonchev–Trinajstić information content (AvgIpc) is 3.72. The van der Waals surface area contributed by atoms with E-state index >= 15 is 0 Å². The number of aromatic nitrogens is 1. The Hall–Kier alpha value is -3.48. The number of nitrogens with one attached hydrogen (secondary N) is 1. The lowest BCUT2D eigenvalue weighted by Crippen LogP contribution is -2.46. The van der Waals surface area contributed by atoms with Gasteiger partial charge in [0.1, 0.15) is 18.0 Å². The number of carbonyl (C=O) groups excluding carboxylic acids is 2. The number of aryl methyl sites for hydroxylation is 1. The average molecular weight is 632 g/mol. The van der Waals surface area contributed by atoms with Crippen molar-refractivity contribution >= 4 is 74.0 Å². The Morgan fingerprint density at radius 1 is 1.24 bits per heavy atom. The van der Waals surface area contributed by atoms with Crippen molar-refractivity contribution in [3.8, 4) is 0 Å². The van der Waals surface area contributed by atoms with Crippen LogP contribution in [0.2, 0.25) is 10.0 Å². The first kappa shape index (κ1) is 30.0. The van der Waals surface area contributed by atoms with Gasteiger partial charge in [0, 0.05) is 34.4 Å². The van der Waals surface area contributed by atoms with E-state index in [-0.39, 0.29) is 36.4 Å². The molecule has 42 heavy (non-hydrogen) atoms. The normalized spacial score (nSPS) is 15.0. The number of Topliss-reactive ketones (excluding diaryl/α,β-unsaturated/α-hetero) is 1. The van der Waals surface area contributed by atoms with Gasteiger partial charge in [-0.3, -0.25) is 19.2 Å². The summed E-state index contributed by atoms with van der Waals surface area (Å²) in [6.45, 7) is 0.753. The molecule has 1 saturated heterocycles. The number of hydroxylamine groups is 2. The predicted octanol–water partition coefficient (Wildman–Crippen LogP) is 6.07. The van der Waals surface area contributed by atoms with Crippen molar-refractivity contribution in [3.63, 3.8) is 0 Å². The van der Waals surface area contributed by atoms with E-state index < -0.39 is 11.9 Å². The van der Waals surface area contributed by atoms with Crippen molar-refractivity contribution in [2.45, 2.75) is 38.3 Å². The molecule has 1 aliphatic heterocycles. The van der Waals surface area contributed by atoms with Gasteiger partial charge in [0.2, 0.25) is 0 Å². The first-order valence-corrected chi connectivity index (χ1v) is 14.8. The molecule has 13 heteroatoms. The van der Waals surface area contributed by atoms with E-state index in [0.717, 1.165) is 29.4 Å². The number of halogens is 2. The lowest BCUT2D eigenvalue weighted by molar-refractivity contribution is -0.166. The fourth-order valence-electron chi connectivity index (χ4n) is 4.94. The molecule has 4 aromatic rings. The number of amides is 1. The van der Waals surface area contributed by atoms with Gasteiger partial charge in [0.25, 0.3) is 5.91 Å². The molecule has 1 atom stereocenters. The van der Waals surface area contributed by atoms with Crippen molar-refractivity contribution in [2.75, 3.05) is 30.4 Å². The van der Waals surface area contributed by atoms with Crippen molar-refractivity contribution < 1.29 is 28.7 Å². The van der Waals surface area contributed by atoms with Crippen LogP contribution in [0.5, 0.6) is 0 Å². The van der Waals surface area contributed by atoms with Crippen molar-refractivity contribution in [2.24, 2.45) is 0 Å². The molecule has 0 spiro atoms. The van der Waals surface area contributed by atoms with Crippen LogP contribution in [-0.4, -0.2) is 59.2 Å². The fraction of sp³-hybridized carbons (Fsp3) is 0.310. The number of thiazole rings is 1. The van der Waals surface area contributed by atoms with Crippen LogP contribution in [0.25, 0.3) is 11.0 Å². The fourth-order valence-corrected chi connectivity index (χ4v) is 6.39. The Morgan fingerprint density at radius 3 is 2.83 bits per heavy atom. The Bertz CT molecular complexity index is 1620. The molecule has 10 nitrogen and oxygen atoms in total. The van der Waals surface area contributed by atoms with Crippen LogP contribution < -0.4 is 10.2 Å². The molecule has 2 aromatic heterocycles. The van der Waals surface area contributed by atoms with Crippen molar-refractivity contribution in [3.05, 3.63) is 74.9 Å². The molecule has 1 aliphatic rings. The summed E-state index contributed by atoms with van der Waals surface area (Å²) >= 11 is 14.5. The van der Waals surface area contributed by atoms with E-state index in [2.05, 4.69) is 15.2 Å². The zero-order chi connectivity index (χ0) is 29.8. The number of aliphatic carboxylic acids is 1. The van der Waals surface area contributed by atoms with E-state index in [1.165, 1.54) is 30.8 Å². The number of nitrogens with zero attached hydrogens (tertiary/aromatic N) is 3. The van der Waals surface area contributed by atoms with Crippen LogP contribution >= 0.6 is 34.5 Å². The maximum atomic E-state index is 13.2. The van der Waals surface area contributed by atoms with E-state index in [0.29, 0.717) is 39.2 Å². The molecule has 1 amide bonds. The molecular formula is C29H28Cl2N4O6S. The Labute approximate surface area is 255 Å². The second-order valence-corrected chi connectivity index (χ2v) is 11.7. The smallest absolute Gasteiger partial charge is 0.303 e. The third-order valence-corrected chi connectivity index (χ3v) is 8.75. The number of hydrogen-bond acceptors (Lipinski definition) is 9. The summed E-state index contributed by atoms with van der Waals surface area (Å²) in [5.74, 6) is -1.38. The molecule has 220 valence electrons. The molecule has 2 aromatic carbocycles. The number of ketones is 1. The first-order chi connectivity index (χ1) is 20.2. The minimum Gasteiger partial charge on any atom is -0.481 e. The Balaban J connectivity index is 1.22. The molecule has 1 fully saturated rings. The van der Waals surface area contributed by atoms with E-state index in [4.69, 9.17) is 37.6 Å². The molecule has 5 rings (SSSR count). The van der Waals surface area contributed by atoms with Crippen LogP contribution in [0.15, 0.2) is 53.3 Å². The van der Waals surface area contributed by atoms with Gasteiger partial charge in [-0.2, -0.15) is 5.06 Å². The van der Waals surface area contributed by atoms with Gasteiger partial charge in [0.15, 0.2) is 10.9 Å². The van der Waals surface area contributed by atoms with E-state index in [9.17, 15) is 14.4 Å². The SMILES string of the molecule is CON(CC(=O)Cc1cc(Cl)c(NC(=O)c2coc3ccccc23)cc1Cl)C1CCCN1c1ncc(CCC(=O)O)s1. The predicted molar refractivity (Wildman–Crippen MR) is 161 cm³/mol. The lowest BCUT2D eigenvalue weighted by Gasteiger charge is -2.32. The number of fused-ring (bicyclic) bond motifs is 1. The van der Waals surface area contributed by atoms with Crippen LogP contribution in [0.1, 0.15) is 40.1 Å². The molecule has 0 aliphatic carbocycles. The third kappa shape index (κ3) is 6.77. The lowest BCUT2D eigenvalue weighted by atomic mass is 10.1. The monoisotopic (exact) mass is 630 g/mol. The van der Waals surface area contributed by atoms with E-state index in [1.807, 2.05) is 12.1 Å². The van der Waals surface area contributed by atoms with Gasteiger partial charge in [0.05, 0.1) is 36.3 Å². The number of carbonyl (C=O) groups is 3. The second kappa shape index (κ2) is 13.2. The quantitative estimate of drug-likeness (QED) is 0.179. The van der Waals surface area contributed by atoms with Crippen LogP contribution in [0.4, 0.5) is 10.8 Å². The summed E-state index contributed by atoms with van der Waals surface area (Å²) in [6.07, 6.45) is 5.05. The second-order valence-electron chi connectivity index (χ2n) is 9.82. The topological polar surface area (TPSA) is 125 Å². The van der Waals surface area contributed by atoms with Crippen molar-refractivity contribution in [1.82, 2.24) is 10.0 Å². The summed E-state index contributed by atoms with van der Waals surface area (Å²) < 4.78 is 5.46. The standard InChI is InChI=1S/C29H28Cl2N4O6S/c1-40-35(26-7-4-10-34(26)29-32-14-19(42-29)8-9-27(37)38)15-18(36)11-17-12-23(31)24(13-22(17)30)33-28(39)21-16-41-25-6-3-2-5-20(21)25/h2-3,5-6,12-14,16,26H,4,7-11,15H2,1H3,(H,33,39)(H,37,38). The van der Waals surface area contributed by atoms with Gasteiger partial charge in [-0.15, -0.1) is 11.3 Å². The molecule has 1 unspecified atom stereocenters. The molecule has 0 bridgehead atoms. The Kier molecular flexibility index (Phi) is 9.44.